The van der Waals surface area contributed by atoms with Gasteiger partial charge in [-0.3, -0.25) is 0 Å². The molecule has 0 aliphatic heterocycles. The van der Waals surface area contributed by atoms with Gasteiger partial charge < -0.3 is 9.90 Å². The van der Waals surface area contributed by atoms with E-state index in [-0.39, 0.29) is 30.3 Å². The first-order valence-corrected chi connectivity index (χ1v) is 3.97. The van der Waals surface area contributed by atoms with E-state index in [0.29, 0.717) is 0 Å². The van der Waals surface area contributed by atoms with Crippen molar-refractivity contribution in [3.8, 4) is 0 Å². The molecule has 0 spiro atoms. The molecule has 0 heterocycles. The summed E-state index contributed by atoms with van der Waals surface area (Å²) in [5.41, 5.74) is 0. The molecule has 0 aliphatic rings. The smallest absolute Gasteiger partial charge is 0.550 e. The predicted octanol–water partition coefficient (Wildman–Crippen LogP) is 0.716. The Balaban J connectivity index is 0. The molecule has 3 heteroatoms. The molecular weight excluding hydrogens is 247 g/mol. The molecule has 0 atom stereocenters. The maximum atomic E-state index is 9.92. The van der Waals surface area contributed by atoms with Crippen LogP contribution in [0.5, 0.6) is 0 Å². The first kappa shape index (κ1) is 13.8. The Bertz CT molecular complexity index is 94.1. The van der Waals surface area contributed by atoms with E-state index >= 15 is 0 Å². The Morgan fingerprint density at radius 2 is 1.73 bits per heavy atom. The van der Waals surface area contributed by atoms with Crippen LogP contribution in [0, 0.1) is 0 Å². The summed E-state index contributed by atoms with van der Waals surface area (Å²) in [6, 6.07) is 0. The van der Waals surface area contributed by atoms with Crippen molar-refractivity contribution in [3.63, 3.8) is 0 Å². The molecule has 0 rings (SSSR count). The van der Waals surface area contributed by atoms with Gasteiger partial charge >= 0.3 is 23.9 Å². The average molecular weight is 262 g/mol. The Labute approximate surface area is 85.3 Å². The van der Waals surface area contributed by atoms with E-state index in [1.165, 1.54) is 12.8 Å². The summed E-state index contributed by atoms with van der Waals surface area (Å²) in [5, 5.41) is 9.92. The van der Waals surface area contributed by atoms with Crippen molar-refractivity contribution in [3.05, 3.63) is 0 Å². The summed E-state index contributed by atoms with van der Waals surface area (Å²) in [6.45, 7) is 2.14. The van der Waals surface area contributed by atoms with Crippen LogP contribution in [0.4, 0.5) is 0 Å². The second-order valence-electron chi connectivity index (χ2n) is 2.54. The Morgan fingerprint density at radius 1 is 1.18 bits per heavy atom. The molecule has 2 nitrogen and oxygen atoms in total. The van der Waals surface area contributed by atoms with Crippen LogP contribution in [-0.4, -0.2) is 29.9 Å². The van der Waals surface area contributed by atoms with Crippen molar-refractivity contribution in [2.45, 2.75) is 45.4 Å². The van der Waals surface area contributed by atoms with Crippen molar-refractivity contribution in [1.82, 2.24) is 0 Å². The third-order valence-corrected chi connectivity index (χ3v) is 1.48. The third-order valence-electron chi connectivity index (χ3n) is 1.48. The van der Waals surface area contributed by atoms with Gasteiger partial charge in [-0.05, 0) is 12.8 Å². The molecule has 0 unspecified atom stereocenters. The van der Waals surface area contributed by atoms with E-state index in [9.17, 15) is 9.90 Å². The van der Waals surface area contributed by atoms with Gasteiger partial charge in [-0.25, -0.2) is 0 Å². The van der Waals surface area contributed by atoms with Crippen LogP contribution < -0.4 is 5.11 Å². The maximum absolute atomic E-state index is 9.92. The van der Waals surface area contributed by atoms with Gasteiger partial charge in [0.2, 0.25) is 0 Å². The van der Waals surface area contributed by atoms with Gasteiger partial charge in [-0.2, -0.15) is 0 Å². The number of hydrogen-bond acceptors (Lipinski definition) is 2. The molecule has 0 saturated carbocycles. The van der Waals surface area contributed by atoms with E-state index in [0.717, 1.165) is 19.3 Å². The van der Waals surface area contributed by atoms with E-state index in [1.54, 1.807) is 0 Å². The fourth-order valence-electron chi connectivity index (χ4n) is 0.873. The maximum Gasteiger partial charge on any atom is 2.00 e. The Morgan fingerprint density at radius 3 is 2.18 bits per heavy atom. The number of aliphatic carboxylic acids is 1. The van der Waals surface area contributed by atoms with Crippen molar-refractivity contribution in [2.24, 2.45) is 0 Å². The number of hydrogen-bond donors (Lipinski definition) is 0. The summed E-state index contributed by atoms with van der Waals surface area (Å²) < 4.78 is 0. The quantitative estimate of drug-likeness (QED) is 0.522. The monoisotopic (exact) mass is 263 g/mol. The molecule has 0 aromatic carbocycles. The minimum atomic E-state index is -0.920. The minimum Gasteiger partial charge on any atom is -0.550 e. The summed E-state index contributed by atoms with van der Waals surface area (Å²) in [6.07, 6.45) is 5.61. The minimum absolute atomic E-state index is 0. The van der Waals surface area contributed by atoms with Crippen LogP contribution in [0.25, 0.3) is 0 Å². The molecule has 0 N–H and O–H groups in total. The largest absolute Gasteiger partial charge is 2.00 e. The Hall–Kier alpha value is 0.269. The number of carbonyl (C=O) groups excluding carboxylic acids is 1. The molecule has 0 amide bonds. The van der Waals surface area contributed by atoms with E-state index in [2.05, 4.69) is 6.92 Å². The number of carbonyl (C=O) groups is 1. The second-order valence-corrected chi connectivity index (χ2v) is 2.54. The van der Waals surface area contributed by atoms with Crippen molar-refractivity contribution in [2.75, 3.05) is 0 Å². The van der Waals surface area contributed by atoms with E-state index in [4.69, 9.17) is 0 Å². The topological polar surface area (TPSA) is 40.1 Å². The van der Waals surface area contributed by atoms with Gasteiger partial charge in [-0.15, -0.1) is 0 Å². The first-order valence-electron chi connectivity index (χ1n) is 3.97. The van der Waals surface area contributed by atoms with E-state index < -0.39 is 5.97 Å². The third kappa shape index (κ3) is 13.3. The zero-order valence-corrected chi connectivity index (χ0v) is 9.91. The molecule has 62 valence electrons. The van der Waals surface area contributed by atoms with E-state index in [1.807, 2.05) is 0 Å². The van der Waals surface area contributed by atoms with Crippen molar-refractivity contribution >= 4 is 29.9 Å². The number of carboxylic acids is 1. The fourth-order valence-corrected chi connectivity index (χ4v) is 0.873. The summed E-state index contributed by atoms with van der Waals surface area (Å²) in [7, 11) is 0. The molecule has 0 aromatic rings. The Kier molecular flexibility index (Phi) is 12.9. The van der Waals surface area contributed by atoms with Crippen LogP contribution in [0.3, 0.4) is 0 Å². The van der Waals surface area contributed by atoms with Crippen molar-refractivity contribution < 1.29 is 9.90 Å². The standard InChI is InChI=1S/C8H16O2.Sn/c1-2-3-4-5-6-7-8(9)10;/h2-7H2,1H3,(H,9,10);/q;+2/p-1. The number of rotatable bonds is 6. The molecular formula is C8H15O2Sn+. The van der Waals surface area contributed by atoms with Gasteiger partial charge in [0, 0.05) is 5.97 Å². The number of unbranched alkanes of at least 4 members (excludes halogenated alkanes) is 4. The summed E-state index contributed by atoms with van der Waals surface area (Å²) >= 11 is 0. The second kappa shape index (κ2) is 10.3. The van der Waals surface area contributed by atoms with Gasteiger partial charge in [0.1, 0.15) is 0 Å². The van der Waals surface area contributed by atoms with Gasteiger partial charge in [0.25, 0.3) is 0 Å². The first-order chi connectivity index (χ1) is 4.77. The van der Waals surface area contributed by atoms with Crippen LogP contribution in [0.1, 0.15) is 45.4 Å². The molecule has 0 fully saturated rings. The van der Waals surface area contributed by atoms with Crippen LogP contribution in [0.2, 0.25) is 0 Å². The average Bonchev–Trinajstić information content (AvgIpc) is 1.87. The normalized spacial score (nSPS) is 8.82. The van der Waals surface area contributed by atoms with Crippen molar-refractivity contribution in [1.29, 1.82) is 0 Å². The molecule has 11 heavy (non-hydrogen) atoms. The molecule has 2 radical (unpaired) electrons. The summed E-state index contributed by atoms with van der Waals surface area (Å²) in [4.78, 5) is 9.92. The van der Waals surface area contributed by atoms with Gasteiger partial charge in [-0.1, -0.05) is 32.6 Å². The zero-order valence-electron chi connectivity index (χ0n) is 7.06. The molecule has 0 aliphatic carbocycles. The molecule has 0 bridgehead atoms. The molecule has 0 saturated heterocycles. The van der Waals surface area contributed by atoms with Gasteiger partial charge in [0.05, 0.1) is 0 Å². The number of carboxylic acid groups (broad SMARTS) is 1. The van der Waals surface area contributed by atoms with Crippen LogP contribution in [0.15, 0.2) is 0 Å². The zero-order chi connectivity index (χ0) is 7.82. The fraction of sp³-hybridized carbons (Fsp3) is 0.875. The summed E-state index contributed by atoms with van der Waals surface area (Å²) in [5.74, 6) is -0.920. The molecule has 0 aromatic heterocycles. The van der Waals surface area contributed by atoms with Crippen LogP contribution in [-0.2, 0) is 4.79 Å². The van der Waals surface area contributed by atoms with Gasteiger partial charge in [0.15, 0.2) is 0 Å². The van der Waals surface area contributed by atoms with Crippen LogP contribution >= 0.6 is 0 Å². The SMILES string of the molecule is CCCCCCCC(=O)[O-].[Sn+2]. The predicted molar refractivity (Wildman–Crippen MR) is 44.1 cm³/mol.